The number of aldehydes is 1. The maximum absolute atomic E-state index is 14.4. The predicted octanol–water partition coefficient (Wildman–Crippen LogP) is 8.40. The summed E-state index contributed by atoms with van der Waals surface area (Å²) in [5.74, 6) is -6.23. The largest absolute Gasteiger partial charge is 0.456 e. The molecule has 1 aliphatic rings. The highest BCUT2D eigenvalue weighted by Crippen LogP contribution is 2.28. The minimum atomic E-state index is -1.69. The molecule has 2 aromatic carbocycles. The molecule has 1 heterocycles. The highest BCUT2D eigenvalue weighted by Gasteiger charge is 2.41. The quantitative estimate of drug-likeness (QED) is 0.0273. The number of rotatable bonds is 20. The SMILES string of the molecule is C/C=C(\C)C1OC(=O)C(C)(C)NC(=O)[C@H](C(C)CC)NC(=O)CN(C)C(=O)[C@@H](Cc2ccc(Cl)cc2)N(C)C(=O)[C@H](C)NC(=O)[C@@H](CC(C)C)OC(=O)/C(C)=C/C[C@H](OC(=O)N(C)CCCCCCN(C)C(=O)OCc2ccc(NC)cc2)[C@@H]1C.CC(C)[C@H](N)C=O. The van der Waals surface area contributed by atoms with Gasteiger partial charge in [-0.2, -0.15) is 0 Å². The molecular weight excluding hydrogens is 1200 g/mol. The Morgan fingerprint density at radius 3 is 1.95 bits per heavy atom. The molecule has 0 saturated heterocycles. The Kier molecular flexibility index (Phi) is 34.8. The molecule has 0 bridgehead atoms. The number of nitrogens with zero attached hydrogens (tertiary/aromatic N) is 4. The lowest BCUT2D eigenvalue weighted by Gasteiger charge is -2.35. The lowest BCUT2D eigenvalue weighted by atomic mass is 9.90. The zero-order chi connectivity index (χ0) is 69.7. The maximum atomic E-state index is 14.4. The zero-order valence-corrected chi connectivity index (χ0v) is 58.4. The standard InChI is InChI=1S/C63H95ClN8O13.C5H11NO/c1-17-40(5)53-56(75)68-63(10,11)60(79)85-54(41(6)18-2)43(8)50(84-62(81)70(14)34-22-20-19-21-33-69(13)61(80)82-38-46-26-30-48(65-12)31-27-46)32-23-42(7)59(78)83-51(35-39(3)4)55(74)66-44(9)57(76)72(16)49(36-45-24-28-47(64)29-25-45)58(77)71(15)37-52(73)67-53;1-4(2)5(6)3-7/h18,23-31,39-40,43-44,49-51,53-54,65H,17,19-22,32-38H2,1-16H3,(H,66,74)(H,67,73)(H,68,75);3-5H,6H2,1-2H3/b41-18+,42-23+;/t40?,43-,44-,49+,50-,51+,53-,54?;5-/m01/s1. The number of likely N-dealkylation sites (N-methyl/N-ethyl adjacent to an activating group) is 2. The van der Waals surface area contributed by atoms with E-state index < -0.39 is 114 Å². The molecule has 0 spiro atoms. The molecule has 0 fully saturated rings. The van der Waals surface area contributed by atoms with Crippen molar-refractivity contribution in [3.63, 3.8) is 0 Å². The lowest BCUT2D eigenvalue weighted by Crippen LogP contribution is -2.60. The van der Waals surface area contributed by atoms with Gasteiger partial charge in [0.1, 0.15) is 48.8 Å². The van der Waals surface area contributed by atoms with Crippen LogP contribution >= 0.6 is 11.6 Å². The lowest BCUT2D eigenvalue weighted by molar-refractivity contribution is -0.160. The third kappa shape index (κ3) is 27.0. The molecule has 0 radical (unpaired) electrons. The van der Waals surface area contributed by atoms with E-state index in [0.717, 1.165) is 35.3 Å². The number of nitrogens with one attached hydrogen (secondary N) is 4. The van der Waals surface area contributed by atoms with E-state index in [1.54, 1.807) is 72.1 Å². The van der Waals surface area contributed by atoms with Crippen molar-refractivity contribution in [2.75, 3.05) is 60.2 Å². The van der Waals surface area contributed by atoms with Gasteiger partial charge in [-0.25, -0.2) is 19.2 Å². The van der Waals surface area contributed by atoms with Crippen molar-refractivity contribution in [1.29, 1.82) is 0 Å². The first kappa shape index (κ1) is 80.6. The van der Waals surface area contributed by atoms with Crippen LogP contribution in [-0.2, 0) is 70.3 Å². The van der Waals surface area contributed by atoms with Crippen LogP contribution in [0.25, 0.3) is 0 Å². The van der Waals surface area contributed by atoms with Gasteiger partial charge in [-0.15, -0.1) is 0 Å². The van der Waals surface area contributed by atoms with Gasteiger partial charge in [0.05, 0.1) is 12.6 Å². The summed E-state index contributed by atoms with van der Waals surface area (Å²) in [5.41, 5.74) is 6.68. The molecule has 0 saturated carbocycles. The number of halogens is 1. The Hall–Kier alpha value is -7.53. The highest BCUT2D eigenvalue weighted by molar-refractivity contribution is 6.30. The normalized spacial score (nSPS) is 22.4. The first-order chi connectivity index (χ1) is 43.1. The van der Waals surface area contributed by atoms with Crippen LogP contribution in [0.3, 0.4) is 0 Å². The van der Waals surface area contributed by atoms with Crippen molar-refractivity contribution < 1.29 is 66.9 Å². The van der Waals surface area contributed by atoms with E-state index in [1.165, 1.54) is 62.6 Å². The fraction of sp³-hybridized carbons (Fsp3) is 0.618. The smallest absolute Gasteiger partial charge is 0.409 e. The second kappa shape index (κ2) is 39.8. The van der Waals surface area contributed by atoms with Gasteiger partial charge < -0.3 is 70.3 Å². The molecule has 6 N–H and O–H groups in total. The minimum Gasteiger partial charge on any atom is -0.456 e. The number of hydrogen-bond acceptors (Lipinski definition) is 16. The summed E-state index contributed by atoms with van der Waals surface area (Å²) in [6, 6.07) is 10.4. The van der Waals surface area contributed by atoms with E-state index in [4.69, 9.17) is 36.3 Å². The average molecular weight is 1310 g/mol. The predicted molar refractivity (Wildman–Crippen MR) is 356 cm³/mol. The molecule has 0 aliphatic carbocycles. The van der Waals surface area contributed by atoms with Crippen molar-refractivity contribution in [2.24, 2.45) is 29.4 Å². The van der Waals surface area contributed by atoms with E-state index in [1.807, 2.05) is 65.9 Å². The fourth-order valence-corrected chi connectivity index (χ4v) is 9.57. The van der Waals surface area contributed by atoms with Crippen LogP contribution in [0.2, 0.25) is 5.02 Å². The molecule has 3 rings (SSSR count). The Morgan fingerprint density at radius 1 is 0.848 bits per heavy atom. The number of carbonyl (C=O) groups is 10. The first-order valence-electron chi connectivity index (χ1n) is 31.8. The molecule has 0 aromatic heterocycles. The molecule has 92 heavy (non-hydrogen) atoms. The molecule has 2 unspecified atom stereocenters. The molecule has 1 aliphatic heterocycles. The second-order valence-electron chi connectivity index (χ2n) is 25.3. The van der Waals surface area contributed by atoms with Crippen LogP contribution in [0.5, 0.6) is 0 Å². The summed E-state index contributed by atoms with van der Waals surface area (Å²) in [4.78, 5) is 141. The van der Waals surface area contributed by atoms with E-state index in [9.17, 15) is 47.9 Å². The molecular formula is C68H106ClN9O14. The molecule has 23 nitrogen and oxygen atoms in total. The Labute approximate surface area is 550 Å². The van der Waals surface area contributed by atoms with Gasteiger partial charge in [0.2, 0.25) is 23.6 Å². The fourth-order valence-electron chi connectivity index (χ4n) is 9.44. The van der Waals surface area contributed by atoms with Crippen molar-refractivity contribution in [2.45, 2.75) is 196 Å². The third-order valence-corrected chi connectivity index (χ3v) is 16.5. The monoisotopic (exact) mass is 1310 g/mol. The van der Waals surface area contributed by atoms with Crippen molar-refractivity contribution in [1.82, 2.24) is 35.6 Å². The zero-order valence-electron chi connectivity index (χ0n) is 57.6. The van der Waals surface area contributed by atoms with E-state index >= 15 is 0 Å². The van der Waals surface area contributed by atoms with Gasteiger partial charge in [-0.3, -0.25) is 24.0 Å². The number of hydrogen-bond donors (Lipinski definition) is 5. The molecule has 7 amide bonds. The van der Waals surface area contributed by atoms with Gasteiger partial charge in [-0.05, 0) is 120 Å². The van der Waals surface area contributed by atoms with Crippen LogP contribution in [0.4, 0.5) is 15.3 Å². The van der Waals surface area contributed by atoms with Crippen molar-refractivity contribution >= 4 is 77.2 Å². The number of unbranched alkanes of at least 4 members (excludes halogenated alkanes) is 3. The van der Waals surface area contributed by atoms with Crippen molar-refractivity contribution in [3.05, 3.63) is 88.0 Å². The van der Waals surface area contributed by atoms with Gasteiger partial charge in [0.15, 0.2) is 6.10 Å². The summed E-state index contributed by atoms with van der Waals surface area (Å²) in [7, 11) is 7.92. The number of benzene rings is 2. The van der Waals surface area contributed by atoms with Crippen LogP contribution in [0.1, 0.15) is 146 Å². The second-order valence-corrected chi connectivity index (χ2v) is 25.7. The number of esters is 2. The molecule has 24 heteroatoms. The van der Waals surface area contributed by atoms with Crippen LogP contribution in [0.15, 0.2) is 71.8 Å². The van der Waals surface area contributed by atoms with E-state index in [0.29, 0.717) is 48.5 Å². The van der Waals surface area contributed by atoms with E-state index in [2.05, 4.69) is 21.3 Å². The number of carbonyl (C=O) groups excluding carboxylic acids is 10. The number of allylic oxidation sites excluding steroid dienone is 1. The highest BCUT2D eigenvalue weighted by atomic mass is 35.5. The average Bonchev–Trinajstić information content (AvgIpc) is 0.969. The Morgan fingerprint density at radius 2 is 1.42 bits per heavy atom. The van der Waals surface area contributed by atoms with Gasteiger partial charge in [0, 0.05) is 83.4 Å². The Balaban J connectivity index is 0.00000387. The van der Waals surface area contributed by atoms with Crippen molar-refractivity contribution in [3.8, 4) is 0 Å². The third-order valence-electron chi connectivity index (χ3n) is 16.2. The minimum absolute atomic E-state index is 0.00613. The number of anilines is 1. The summed E-state index contributed by atoms with van der Waals surface area (Å²) < 4.78 is 23.8. The summed E-state index contributed by atoms with van der Waals surface area (Å²) >= 11 is 6.18. The summed E-state index contributed by atoms with van der Waals surface area (Å²) in [5, 5.41) is 11.7. The van der Waals surface area contributed by atoms with E-state index in [-0.39, 0.29) is 49.3 Å². The summed E-state index contributed by atoms with van der Waals surface area (Å²) in [6.07, 6.45) is 2.75. The number of ether oxygens (including phenoxy) is 4. The van der Waals surface area contributed by atoms with Gasteiger partial charge in [-0.1, -0.05) is 116 Å². The number of cyclic esters (lactones) is 2. The summed E-state index contributed by atoms with van der Waals surface area (Å²) in [6.45, 7) is 22.6. The molecule has 9 atom stereocenters. The maximum Gasteiger partial charge on any atom is 0.409 e. The first-order valence-corrected chi connectivity index (χ1v) is 32.2. The topological polar surface area (TPSA) is 295 Å². The van der Waals surface area contributed by atoms with Crippen LogP contribution < -0.4 is 27.0 Å². The van der Waals surface area contributed by atoms with Gasteiger partial charge >= 0.3 is 24.1 Å². The number of amides is 7. The van der Waals surface area contributed by atoms with Crippen LogP contribution in [0, 0.1) is 23.7 Å². The molecule has 2 aromatic rings. The van der Waals surface area contributed by atoms with Gasteiger partial charge in [0.25, 0.3) is 5.91 Å². The van der Waals surface area contributed by atoms with Crippen LogP contribution in [-0.4, -0.2) is 182 Å². The molecule has 514 valence electrons. The number of nitrogens with two attached hydrogens (primary N) is 1. The Bertz CT molecular complexity index is 2810.